The number of nitrogens with one attached hydrogen (secondary N) is 1. The normalized spacial score (nSPS) is 10.6. The van der Waals surface area contributed by atoms with Crippen LogP contribution in [0.15, 0.2) is 12.1 Å². The van der Waals surface area contributed by atoms with Gasteiger partial charge in [-0.1, -0.05) is 0 Å². The molecule has 0 atom stereocenters. The SMILES string of the molecule is Cc1ccc(NC(=O)Cn2nc(C)c(N)c2C)c(C)n1. The molecule has 0 aliphatic heterocycles. The molecular formula is C14H19N5O. The van der Waals surface area contributed by atoms with E-state index in [0.29, 0.717) is 5.69 Å². The minimum Gasteiger partial charge on any atom is -0.396 e. The summed E-state index contributed by atoms with van der Waals surface area (Å²) in [5.74, 6) is -0.149. The molecule has 0 aromatic carbocycles. The highest BCUT2D eigenvalue weighted by molar-refractivity contribution is 5.91. The number of carbonyl (C=O) groups excluding carboxylic acids is 1. The van der Waals surface area contributed by atoms with Gasteiger partial charge in [0.2, 0.25) is 5.91 Å². The predicted molar refractivity (Wildman–Crippen MR) is 78.5 cm³/mol. The lowest BCUT2D eigenvalue weighted by Crippen LogP contribution is -2.21. The van der Waals surface area contributed by atoms with Crippen LogP contribution >= 0.6 is 0 Å². The van der Waals surface area contributed by atoms with Gasteiger partial charge in [0.1, 0.15) is 6.54 Å². The molecule has 2 aromatic heterocycles. The van der Waals surface area contributed by atoms with Gasteiger partial charge in [0.15, 0.2) is 0 Å². The summed E-state index contributed by atoms with van der Waals surface area (Å²) in [4.78, 5) is 16.4. The summed E-state index contributed by atoms with van der Waals surface area (Å²) < 4.78 is 1.61. The number of nitrogens with two attached hydrogens (primary N) is 1. The van der Waals surface area contributed by atoms with Gasteiger partial charge in [-0.25, -0.2) is 0 Å². The van der Waals surface area contributed by atoms with Gasteiger partial charge in [-0.15, -0.1) is 0 Å². The van der Waals surface area contributed by atoms with Crippen LogP contribution in [0.2, 0.25) is 0 Å². The zero-order valence-electron chi connectivity index (χ0n) is 12.2. The third kappa shape index (κ3) is 2.79. The maximum Gasteiger partial charge on any atom is 0.246 e. The number of anilines is 2. The molecule has 2 aromatic rings. The van der Waals surface area contributed by atoms with Crippen LogP contribution in [0.1, 0.15) is 22.8 Å². The monoisotopic (exact) mass is 273 g/mol. The molecule has 1 amide bonds. The summed E-state index contributed by atoms with van der Waals surface area (Å²) in [5.41, 5.74) is 10.5. The van der Waals surface area contributed by atoms with Crippen molar-refractivity contribution >= 4 is 17.3 Å². The molecular weight excluding hydrogens is 254 g/mol. The highest BCUT2D eigenvalue weighted by atomic mass is 16.2. The first-order valence-electron chi connectivity index (χ1n) is 6.42. The predicted octanol–water partition coefficient (Wildman–Crippen LogP) is 1.73. The molecule has 0 unspecified atom stereocenters. The van der Waals surface area contributed by atoms with E-state index in [2.05, 4.69) is 15.4 Å². The first-order valence-corrected chi connectivity index (χ1v) is 6.42. The van der Waals surface area contributed by atoms with Crippen molar-refractivity contribution in [2.24, 2.45) is 0 Å². The molecule has 6 nitrogen and oxygen atoms in total. The highest BCUT2D eigenvalue weighted by Crippen LogP contribution is 2.16. The topological polar surface area (TPSA) is 85.8 Å². The van der Waals surface area contributed by atoms with Crippen molar-refractivity contribution in [1.29, 1.82) is 0 Å². The van der Waals surface area contributed by atoms with Crippen LogP contribution in [0, 0.1) is 27.7 Å². The van der Waals surface area contributed by atoms with Crippen molar-refractivity contribution in [3.63, 3.8) is 0 Å². The molecule has 3 N–H and O–H groups in total. The molecule has 0 radical (unpaired) electrons. The first-order chi connectivity index (χ1) is 9.38. The first kappa shape index (κ1) is 14.0. The van der Waals surface area contributed by atoms with Gasteiger partial charge < -0.3 is 11.1 Å². The minimum atomic E-state index is -0.149. The molecule has 0 spiro atoms. The molecule has 0 saturated carbocycles. The third-order valence-electron chi connectivity index (χ3n) is 3.23. The fourth-order valence-corrected chi connectivity index (χ4v) is 2.01. The van der Waals surface area contributed by atoms with E-state index in [1.165, 1.54) is 0 Å². The van der Waals surface area contributed by atoms with Gasteiger partial charge in [0, 0.05) is 5.69 Å². The Kier molecular flexibility index (Phi) is 3.74. The summed E-state index contributed by atoms with van der Waals surface area (Å²) in [6, 6.07) is 3.72. The smallest absolute Gasteiger partial charge is 0.246 e. The van der Waals surface area contributed by atoms with Gasteiger partial charge in [0.05, 0.1) is 28.5 Å². The van der Waals surface area contributed by atoms with Crippen LogP contribution in [0.4, 0.5) is 11.4 Å². The molecule has 2 heterocycles. The lowest BCUT2D eigenvalue weighted by atomic mass is 10.2. The number of pyridine rings is 1. The number of hydrogen-bond donors (Lipinski definition) is 2. The quantitative estimate of drug-likeness (QED) is 0.891. The molecule has 0 bridgehead atoms. The zero-order chi connectivity index (χ0) is 14.9. The van der Waals surface area contributed by atoms with Crippen LogP contribution in [0.25, 0.3) is 0 Å². The van der Waals surface area contributed by atoms with E-state index in [4.69, 9.17) is 5.73 Å². The fraction of sp³-hybridized carbons (Fsp3) is 0.357. The number of nitrogens with zero attached hydrogens (tertiary/aromatic N) is 3. The highest BCUT2D eigenvalue weighted by Gasteiger charge is 2.12. The van der Waals surface area contributed by atoms with E-state index in [1.807, 2.05) is 39.8 Å². The van der Waals surface area contributed by atoms with Crippen LogP contribution in [0.5, 0.6) is 0 Å². The van der Waals surface area contributed by atoms with Crippen molar-refractivity contribution in [3.8, 4) is 0 Å². The number of nitrogen functional groups attached to an aromatic ring is 1. The van der Waals surface area contributed by atoms with Crippen LogP contribution in [-0.2, 0) is 11.3 Å². The molecule has 20 heavy (non-hydrogen) atoms. The van der Waals surface area contributed by atoms with Crippen molar-refractivity contribution in [2.45, 2.75) is 34.2 Å². The Morgan fingerprint density at radius 1 is 1.25 bits per heavy atom. The van der Waals surface area contributed by atoms with Crippen molar-refractivity contribution in [3.05, 3.63) is 34.9 Å². The molecule has 2 rings (SSSR count). The minimum absolute atomic E-state index is 0.136. The summed E-state index contributed by atoms with van der Waals surface area (Å²) in [6.07, 6.45) is 0. The Balaban J connectivity index is 2.11. The van der Waals surface area contributed by atoms with Gasteiger partial charge in [-0.2, -0.15) is 5.10 Å². The third-order valence-corrected chi connectivity index (χ3v) is 3.23. The van der Waals surface area contributed by atoms with E-state index in [-0.39, 0.29) is 12.5 Å². The Bertz CT molecular complexity index is 660. The van der Waals surface area contributed by atoms with Gasteiger partial charge in [-0.3, -0.25) is 14.5 Å². The van der Waals surface area contributed by atoms with E-state index >= 15 is 0 Å². The second-order valence-electron chi connectivity index (χ2n) is 4.88. The maximum atomic E-state index is 12.1. The summed E-state index contributed by atoms with van der Waals surface area (Å²) in [7, 11) is 0. The molecule has 0 saturated heterocycles. The van der Waals surface area contributed by atoms with E-state index in [0.717, 1.165) is 28.5 Å². The van der Waals surface area contributed by atoms with Crippen LogP contribution in [0.3, 0.4) is 0 Å². The number of amides is 1. The van der Waals surface area contributed by atoms with Gasteiger partial charge >= 0.3 is 0 Å². The molecule has 106 valence electrons. The second kappa shape index (κ2) is 5.32. The second-order valence-corrected chi connectivity index (χ2v) is 4.88. The zero-order valence-corrected chi connectivity index (χ0v) is 12.2. The Labute approximate surface area is 118 Å². The van der Waals surface area contributed by atoms with E-state index in [9.17, 15) is 4.79 Å². The molecule has 6 heteroatoms. The lowest BCUT2D eigenvalue weighted by Gasteiger charge is -2.09. The summed E-state index contributed by atoms with van der Waals surface area (Å²) in [6.45, 7) is 7.59. The number of hydrogen-bond acceptors (Lipinski definition) is 4. The van der Waals surface area contributed by atoms with Crippen molar-refractivity contribution in [2.75, 3.05) is 11.1 Å². The maximum absolute atomic E-state index is 12.1. The molecule has 0 aliphatic rings. The number of rotatable bonds is 3. The fourth-order valence-electron chi connectivity index (χ4n) is 2.01. The Morgan fingerprint density at radius 2 is 1.95 bits per heavy atom. The number of carbonyl (C=O) groups is 1. The Morgan fingerprint density at radius 3 is 2.50 bits per heavy atom. The van der Waals surface area contributed by atoms with E-state index < -0.39 is 0 Å². The van der Waals surface area contributed by atoms with E-state index in [1.54, 1.807) is 4.68 Å². The largest absolute Gasteiger partial charge is 0.396 e. The standard InChI is InChI=1S/C14H19N5O/c1-8-5-6-12(9(2)16-8)17-13(20)7-19-11(4)14(15)10(3)18-19/h5-6H,7,15H2,1-4H3,(H,17,20). The lowest BCUT2D eigenvalue weighted by molar-refractivity contribution is -0.116. The van der Waals surface area contributed by atoms with Crippen LogP contribution in [-0.4, -0.2) is 20.7 Å². The van der Waals surface area contributed by atoms with Gasteiger partial charge in [0.25, 0.3) is 0 Å². The van der Waals surface area contributed by atoms with Gasteiger partial charge in [-0.05, 0) is 39.8 Å². The number of aryl methyl sites for hydroxylation is 3. The summed E-state index contributed by atoms with van der Waals surface area (Å²) in [5, 5.41) is 7.08. The average Bonchev–Trinajstić information content (AvgIpc) is 2.61. The molecule has 0 aliphatic carbocycles. The Hall–Kier alpha value is -2.37. The molecule has 0 fully saturated rings. The number of aromatic nitrogens is 3. The summed E-state index contributed by atoms with van der Waals surface area (Å²) >= 11 is 0. The average molecular weight is 273 g/mol. The van der Waals surface area contributed by atoms with Crippen molar-refractivity contribution < 1.29 is 4.79 Å². The van der Waals surface area contributed by atoms with Crippen LogP contribution < -0.4 is 11.1 Å². The van der Waals surface area contributed by atoms with Crippen molar-refractivity contribution in [1.82, 2.24) is 14.8 Å².